The van der Waals surface area contributed by atoms with Gasteiger partial charge in [0.05, 0.1) is 5.69 Å². The molecule has 0 aliphatic rings. The molecule has 0 aliphatic carbocycles. The van der Waals surface area contributed by atoms with Crippen molar-refractivity contribution in [2.75, 3.05) is 4.90 Å². The van der Waals surface area contributed by atoms with E-state index >= 15 is 0 Å². The van der Waals surface area contributed by atoms with Gasteiger partial charge in [0, 0.05) is 35.6 Å². The second kappa shape index (κ2) is 9.68. The molecule has 0 aromatic heterocycles. The summed E-state index contributed by atoms with van der Waals surface area (Å²) in [4.78, 5) is 15.9. The Labute approximate surface area is 231 Å². The lowest BCUT2D eigenvalue weighted by Crippen LogP contribution is -2.46. The van der Waals surface area contributed by atoms with E-state index in [0.29, 0.717) is 0 Å². The highest BCUT2D eigenvalue weighted by Gasteiger charge is 2.29. The van der Waals surface area contributed by atoms with Crippen LogP contribution in [-0.4, -0.2) is 0 Å². The molecule has 0 aliphatic heterocycles. The lowest BCUT2D eigenvalue weighted by Gasteiger charge is -2.30. The molecule has 0 saturated heterocycles. The highest BCUT2D eigenvalue weighted by Crippen LogP contribution is 2.38. The highest BCUT2D eigenvalue weighted by atomic mass is 16.3. The summed E-state index contributed by atoms with van der Waals surface area (Å²) in [7, 11) is 0. The van der Waals surface area contributed by atoms with Crippen molar-refractivity contribution in [1.82, 2.24) is 4.58 Å². The van der Waals surface area contributed by atoms with E-state index in [1.54, 1.807) is 9.48 Å². The van der Waals surface area contributed by atoms with Gasteiger partial charge in [0.2, 0.25) is 11.4 Å². The van der Waals surface area contributed by atoms with Crippen LogP contribution in [0.1, 0.15) is 0 Å². The van der Waals surface area contributed by atoms with E-state index in [-0.39, 0.29) is 22.2 Å². The third-order valence-electron chi connectivity index (χ3n) is 7.32. The maximum atomic E-state index is 14.1. The van der Waals surface area contributed by atoms with Gasteiger partial charge in [-0.3, -0.25) is 4.79 Å². The zero-order chi connectivity index (χ0) is 27.1. The Morgan fingerprint density at radius 1 is 0.500 bits per heavy atom. The molecule has 40 heavy (non-hydrogen) atoms. The zero-order valence-electron chi connectivity index (χ0n) is 21.6. The molecule has 0 spiro atoms. The summed E-state index contributed by atoms with van der Waals surface area (Å²) in [5.41, 5.74) is 2.88. The second-order valence-corrected chi connectivity index (χ2v) is 9.76. The number of rotatable bonds is 5. The topological polar surface area (TPSA) is 46.4 Å². The molecule has 0 saturated carbocycles. The predicted molar refractivity (Wildman–Crippen MR) is 162 cm³/mol. The van der Waals surface area contributed by atoms with Gasteiger partial charge in [0.25, 0.3) is 10.8 Å². The zero-order valence-corrected chi connectivity index (χ0v) is 21.6. The first-order valence-corrected chi connectivity index (χ1v) is 13.2. The van der Waals surface area contributed by atoms with Crippen LogP contribution in [0.15, 0.2) is 150 Å². The number of fused-ring (bicyclic) bond motifs is 2. The summed E-state index contributed by atoms with van der Waals surface area (Å²) in [6, 6.07) is 47.3. The number of hydrogen-bond acceptors (Lipinski definition) is 3. The fraction of sp³-hybridized carbons (Fsp3) is 0. The number of benzene rings is 6. The lowest BCUT2D eigenvalue weighted by atomic mass is 10.1. The summed E-state index contributed by atoms with van der Waals surface area (Å²) in [6.07, 6.45) is 0. The average Bonchev–Trinajstić information content (AvgIpc) is 3.02. The van der Waals surface area contributed by atoms with Crippen molar-refractivity contribution in [3.63, 3.8) is 0 Å². The normalized spacial score (nSPS) is 12.1. The van der Waals surface area contributed by atoms with E-state index in [9.17, 15) is 9.90 Å². The third-order valence-corrected chi connectivity index (χ3v) is 7.32. The molecule has 4 nitrogen and oxygen atoms in total. The fourth-order valence-corrected chi connectivity index (χ4v) is 5.37. The summed E-state index contributed by atoms with van der Waals surface area (Å²) in [6.45, 7) is 0. The highest BCUT2D eigenvalue weighted by molar-refractivity contribution is 5.91. The second-order valence-electron chi connectivity index (χ2n) is 9.76. The molecular formula is C36H24N2O2. The number of anilines is 3. The first-order valence-electron chi connectivity index (χ1n) is 13.2. The van der Waals surface area contributed by atoms with Crippen LogP contribution in [-0.2, 0) is 0 Å². The minimum atomic E-state index is -0.293. The SMILES string of the molecule is O=c1c(N(c2ccccc2)c2ccc3ccccc3c2)c([O-])c1=[N+](c1ccccc1)c1ccc2ccccc2c1. The van der Waals surface area contributed by atoms with E-state index in [1.807, 2.05) is 146 Å². The van der Waals surface area contributed by atoms with Crippen LogP contribution >= 0.6 is 0 Å². The van der Waals surface area contributed by atoms with Gasteiger partial charge in [-0.1, -0.05) is 91.0 Å². The molecule has 7 aromatic rings. The molecule has 7 aromatic carbocycles. The summed E-state index contributed by atoms with van der Waals surface area (Å²) < 4.78 is 1.78. The molecule has 0 N–H and O–H groups in total. The van der Waals surface area contributed by atoms with Gasteiger partial charge in [-0.05, 0) is 57.6 Å². The Hall–Kier alpha value is -5.48. The Kier molecular flexibility index (Phi) is 5.72. The van der Waals surface area contributed by atoms with Crippen molar-refractivity contribution in [2.45, 2.75) is 0 Å². The van der Waals surface area contributed by atoms with Crippen molar-refractivity contribution in [2.24, 2.45) is 0 Å². The third kappa shape index (κ3) is 3.94. The smallest absolute Gasteiger partial charge is 0.272 e. The first kappa shape index (κ1) is 23.6. The van der Waals surface area contributed by atoms with E-state index in [2.05, 4.69) is 0 Å². The Balaban J connectivity index is 1.49. The average molecular weight is 517 g/mol. The molecule has 0 amide bonds. The molecule has 190 valence electrons. The van der Waals surface area contributed by atoms with Gasteiger partial charge in [0.15, 0.2) is 0 Å². The lowest BCUT2D eigenvalue weighted by molar-refractivity contribution is -0.271. The van der Waals surface area contributed by atoms with Crippen molar-refractivity contribution >= 4 is 50.0 Å². The van der Waals surface area contributed by atoms with Crippen molar-refractivity contribution in [3.05, 3.63) is 161 Å². The van der Waals surface area contributed by atoms with E-state index in [1.165, 1.54) is 0 Å². The standard InChI is InChI=1S/C36H24N2O2/c39-35-33(37(29-15-3-1-4-16-29)31-21-19-25-11-7-9-13-27(25)23-31)36(40)34(35)38(30-17-5-2-6-18-30)32-22-20-26-12-8-10-14-28(26)24-32/h1-24H. The molecule has 0 fully saturated rings. The molecule has 0 bridgehead atoms. The summed E-state index contributed by atoms with van der Waals surface area (Å²) >= 11 is 0. The van der Waals surface area contributed by atoms with E-state index < -0.39 is 0 Å². The Morgan fingerprint density at radius 2 is 1.05 bits per heavy atom. The monoisotopic (exact) mass is 516 g/mol. The van der Waals surface area contributed by atoms with Gasteiger partial charge in [-0.15, -0.1) is 0 Å². The van der Waals surface area contributed by atoms with Crippen LogP contribution in [0.3, 0.4) is 0 Å². The molecule has 7 rings (SSSR count). The van der Waals surface area contributed by atoms with Crippen LogP contribution in [0.5, 0.6) is 5.75 Å². The fourth-order valence-electron chi connectivity index (χ4n) is 5.37. The van der Waals surface area contributed by atoms with Crippen molar-refractivity contribution < 1.29 is 5.11 Å². The van der Waals surface area contributed by atoms with E-state index in [0.717, 1.165) is 44.3 Å². The van der Waals surface area contributed by atoms with Crippen LogP contribution in [0, 0.1) is 0 Å². The maximum absolute atomic E-state index is 14.1. The van der Waals surface area contributed by atoms with Crippen LogP contribution in [0.4, 0.5) is 28.4 Å². The van der Waals surface area contributed by atoms with Gasteiger partial charge >= 0.3 is 0 Å². The van der Waals surface area contributed by atoms with Crippen molar-refractivity contribution in [1.29, 1.82) is 0 Å². The molecule has 0 atom stereocenters. The Morgan fingerprint density at radius 3 is 1.70 bits per heavy atom. The molecule has 4 heteroatoms. The van der Waals surface area contributed by atoms with E-state index in [4.69, 9.17) is 0 Å². The molecule has 0 unspecified atom stereocenters. The van der Waals surface area contributed by atoms with Gasteiger partial charge < -0.3 is 10.0 Å². The van der Waals surface area contributed by atoms with Gasteiger partial charge in [-0.2, -0.15) is 4.58 Å². The maximum Gasteiger partial charge on any atom is 0.272 e. The summed E-state index contributed by atoms with van der Waals surface area (Å²) in [5, 5.41) is 18.5. The van der Waals surface area contributed by atoms with Gasteiger partial charge in [-0.25, -0.2) is 0 Å². The minimum Gasteiger partial charge on any atom is -0.866 e. The van der Waals surface area contributed by atoms with Crippen LogP contribution in [0.2, 0.25) is 0 Å². The molecule has 0 radical (unpaired) electrons. The number of hydrogen-bond donors (Lipinski definition) is 0. The van der Waals surface area contributed by atoms with Crippen LogP contribution < -0.4 is 25.4 Å². The van der Waals surface area contributed by atoms with Crippen LogP contribution in [0.25, 0.3) is 21.5 Å². The minimum absolute atomic E-state index is 0.137. The first-order chi connectivity index (χ1) is 19.7. The summed E-state index contributed by atoms with van der Waals surface area (Å²) in [5.74, 6) is -0.293. The predicted octanol–water partition coefficient (Wildman–Crippen LogP) is 7.21. The van der Waals surface area contributed by atoms with Crippen molar-refractivity contribution in [3.8, 4) is 5.75 Å². The molecule has 0 heterocycles. The number of nitrogens with zero attached hydrogens (tertiary/aromatic N) is 2. The Bertz CT molecular complexity index is 2090. The van der Waals surface area contributed by atoms with Gasteiger partial charge in [0.1, 0.15) is 0 Å². The quantitative estimate of drug-likeness (QED) is 0.227. The number of para-hydroxylation sites is 2. The largest absolute Gasteiger partial charge is 0.866 e. The molecular weight excluding hydrogens is 492 g/mol.